The highest BCUT2D eigenvalue weighted by Crippen LogP contribution is 2.31. The van der Waals surface area contributed by atoms with Crippen molar-refractivity contribution in [1.82, 2.24) is 0 Å². The molecule has 0 bridgehead atoms. The van der Waals surface area contributed by atoms with Gasteiger partial charge in [-0.05, 0) is 31.4 Å². The molecule has 18 heavy (non-hydrogen) atoms. The fourth-order valence-corrected chi connectivity index (χ4v) is 3.21. The highest BCUT2D eigenvalue weighted by Gasteiger charge is 2.28. The van der Waals surface area contributed by atoms with E-state index in [-0.39, 0.29) is 5.54 Å². The lowest BCUT2D eigenvalue weighted by Gasteiger charge is -2.15. The first-order valence-corrected chi connectivity index (χ1v) is 7.73. The van der Waals surface area contributed by atoms with E-state index >= 15 is 0 Å². The molecule has 0 aromatic heterocycles. The predicted molar refractivity (Wildman–Crippen MR) is 82.6 cm³/mol. The van der Waals surface area contributed by atoms with Crippen LogP contribution in [0.3, 0.4) is 0 Å². The highest BCUT2D eigenvalue weighted by atomic mass is 32.2. The zero-order valence-corrected chi connectivity index (χ0v) is 12.3. The van der Waals surface area contributed by atoms with Crippen LogP contribution in [-0.4, -0.2) is 16.5 Å². The van der Waals surface area contributed by atoms with Gasteiger partial charge < -0.3 is 5.32 Å². The largest absolute Gasteiger partial charge is 0.335 e. The summed E-state index contributed by atoms with van der Waals surface area (Å²) in [7, 11) is 0. The number of nitrogens with zero attached hydrogens (tertiary/aromatic N) is 1. The normalized spacial score (nSPS) is 22.9. The van der Waals surface area contributed by atoms with Gasteiger partial charge in [0.1, 0.15) is 0 Å². The fourth-order valence-electron chi connectivity index (χ4n) is 2.02. The number of benzene rings is 1. The molecule has 0 aliphatic carbocycles. The Balaban J connectivity index is 2.13. The second kappa shape index (κ2) is 5.79. The summed E-state index contributed by atoms with van der Waals surface area (Å²) in [5, 5.41) is 4.57. The van der Waals surface area contributed by atoms with Crippen molar-refractivity contribution in [1.29, 1.82) is 0 Å². The molecule has 1 unspecified atom stereocenters. The van der Waals surface area contributed by atoms with Gasteiger partial charge >= 0.3 is 0 Å². The Bertz CT molecular complexity index is 442. The number of aryl methyl sites for hydroxylation is 1. The van der Waals surface area contributed by atoms with Crippen LogP contribution in [0.15, 0.2) is 29.3 Å². The molecule has 0 fully saturated rings. The third-order valence-corrected chi connectivity index (χ3v) is 4.66. The van der Waals surface area contributed by atoms with Gasteiger partial charge in [-0.1, -0.05) is 50.2 Å². The molecule has 2 nitrogen and oxygen atoms in total. The molecule has 1 aromatic rings. The molecule has 0 amide bonds. The summed E-state index contributed by atoms with van der Waals surface area (Å²) in [5.74, 6) is 1.09. The van der Waals surface area contributed by atoms with Crippen LogP contribution >= 0.6 is 11.8 Å². The number of hydrogen-bond acceptors (Lipinski definition) is 3. The molecule has 0 spiro atoms. The van der Waals surface area contributed by atoms with Crippen molar-refractivity contribution in [2.24, 2.45) is 4.99 Å². The zero-order chi connectivity index (χ0) is 13.0. The Morgan fingerprint density at radius 3 is 2.78 bits per heavy atom. The molecule has 1 N–H and O–H groups in total. The van der Waals surface area contributed by atoms with Crippen LogP contribution in [0.25, 0.3) is 0 Å². The van der Waals surface area contributed by atoms with Gasteiger partial charge in [0.25, 0.3) is 0 Å². The van der Waals surface area contributed by atoms with E-state index in [0.717, 1.165) is 23.8 Å². The van der Waals surface area contributed by atoms with E-state index < -0.39 is 0 Å². The van der Waals surface area contributed by atoms with E-state index in [1.807, 2.05) is 11.8 Å². The van der Waals surface area contributed by atoms with Crippen molar-refractivity contribution in [3.63, 3.8) is 0 Å². The van der Waals surface area contributed by atoms with E-state index in [9.17, 15) is 0 Å². The lowest BCUT2D eigenvalue weighted by Crippen LogP contribution is -2.20. The number of nitrogens with one attached hydrogen (secondary N) is 1. The van der Waals surface area contributed by atoms with Crippen LogP contribution in [0.2, 0.25) is 0 Å². The molecule has 0 saturated heterocycles. The number of anilines is 1. The molecule has 1 aromatic carbocycles. The number of aliphatic imine (C=N–C) groups is 1. The van der Waals surface area contributed by atoms with E-state index in [4.69, 9.17) is 4.99 Å². The molecule has 1 aliphatic heterocycles. The smallest absolute Gasteiger partial charge is 0.161 e. The van der Waals surface area contributed by atoms with Crippen molar-refractivity contribution in [3.05, 3.63) is 29.8 Å². The topological polar surface area (TPSA) is 24.4 Å². The fraction of sp³-hybridized carbons (Fsp3) is 0.533. The summed E-state index contributed by atoms with van der Waals surface area (Å²) in [6, 6.07) is 8.54. The Kier molecular flexibility index (Phi) is 4.33. The minimum Gasteiger partial charge on any atom is -0.335 e. The van der Waals surface area contributed by atoms with Crippen molar-refractivity contribution < 1.29 is 0 Å². The lowest BCUT2D eigenvalue weighted by molar-refractivity contribution is 0.523. The van der Waals surface area contributed by atoms with Crippen molar-refractivity contribution in [2.75, 3.05) is 11.1 Å². The Morgan fingerprint density at radius 2 is 2.11 bits per heavy atom. The number of para-hydroxylation sites is 1. The summed E-state index contributed by atoms with van der Waals surface area (Å²) < 4.78 is 0. The van der Waals surface area contributed by atoms with Crippen molar-refractivity contribution in [2.45, 2.75) is 45.6 Å². The van der Waals surface area contributed by atoms with E-state index in [1.165, 1.54) is 17.7 Å². The molecule has 1 heterocycles. The van der Waals surface area contributed by atoms with Crippen LogP contribution in [0.1, 0.15) is 39.2 Å². The maximum absolute atomic E-state index is 4.80. The molecule has 3 heteroatoms. The summed E-state index contributed by atoms with van der Waals surface area (Å²) in [4.78, 5) is 4.80. The first-order chi connectivity index (χ1) is 8.67. The monoisotopic (exact) mass is 262 g/mol. The third kappa shape index (κ3) is 3.08. The summed E-state index contributed by atoms with van der Waals surface area (Å²) in [5.41, 5.74) is 2.71. The first-order valence-electron chi connectivity index (χ1n) is 6.74. The van der Waals surface area contributed by atoms with Gasteiger partial charge in [0.2, 0.25) is 0 Å². The van der Waals surface area contributed by atoms with Gasteiger partial charge in [-0.2, -0.15) is 0 Å². The minimum absolute atomic E-state index is 0.118. The second-order valence-corrected chi connectivity index (χ2v) is 6.05. The van der Waals surface area contributed by atoms with Crippen molar-refractivity contribution in [3.8, 4) is 0 Å². The molecule has 0 radical (unpaired) electrons. The SMILES string of the molecule is CCCc1ccccc1NC1=NC(C)(CC)CS1. The van der Waals surface area contributed by atoms with E-state index in [2.05, 4.69) is 50.4 Å². The summed E-state index contributed by atoms with van der Waals surface area (Å²) in [6.07, 6.45) is 3.39. The van der Waals surface area contributed by atoms with E-state index in [0.29, 0.717) is 0 Å². The van der Waals surface area contributed by atoms with Crippen LogP contribution in [0.4, 0.5) is 5.69 Å². The molecular weight excluding hydrogens is 240 g/mol. The van der Waals surface area contributed by atoms with E-state index in [1.54, 1.807) is 0 Å². The average Bonchev–Trinajstić information content (AvgIpc) is 2.75. The maximum Gasteiger partial charge on any atom is 0.161 e. The molecule has 2 rings (SSSR count). The first kappa shape index (κ1) is 13.5. The third-order valence-electron chi connectivity index (χ3n) is 3.43. The molecule has 1 aliphatic rings. The van der Waals surface area contributed by atoms with Gasteiger partial charge in [0, 0.05) is 11.4 Å². The summed E-state index contributed by atoms with van der Waals surface area (Å²) in [6.45, 7) is 6.65. The van der Waals surface area contributed by atoms with Crippen LogP contribution in [-0.2, 0) is 6.42 Å². The number of thioether (sulfide) groups is 1. The van der Waals surface area contributed by atoms with Gasteiger partial charge in [-0.25, -0.2) is 0 Å². The minimum atomic E-state index is 0.118. The average molecular weight is 262 g/mol. The second-order valence-electron chi connectivity index (χ2n) is 5.09. The highest BCUT2D eigenvalue weighted by molar-refractivity contribution is 8.14. The maximum atomic E-state index is 4.80. The lowest BCUT2D eigenvalue weighted by atomic mass is 10.0. The number of hydrogen-bond donors (Lipinski definition) is 1. The number of amidine groups is 1. The summed E-state index contributed by atoms with van der Waals surface area (Å²) >= 11 is 1.83. The predicted octanol–water partition coefficient (Wildman–Crippen LogP) is 4.32. The molecular formula is C15H22N2S. The van der Waals surface area contributed by atoms with Crippen LogP contribution < -0.4 is 5.32 Å². The quantitative estimate of drug-likeness (QED) is 0.873. The zero-order valence-electron chi connectivity index (χ0n) is 11.5. The standard InChI is InChI=1S/C15H22N2S/c1-4-8-12-9-6-7-10-13(12)16-14-17-15(3,5-2)11-18-14/h6-7,9-10H,4-5,8,11H2,1-3H3,(H,16,17). The Labute approximate surface area is 114 Å². The van der Waals surface area contributed by atoms with Gasteiger partial charge in [-0.15, -0.1) is 0 Å². The molecule has 98 valence electrons. The van der Waals surface area contributed by atoms with Crippen molar-refractivity contribution >= 4 is 22.6 Å². The van der Waals surface area contributed by atoms with Crippen LogP contribution in [0, 0.1) is 0 Å². The Morgan fingerprint density at radius 1 is 1.33 bits per heavy atom. The van der Waals surface area contributed by atoms with Gasteiger partial charge in [-0.3, -0.25) is 4.99 Å². The van der Waals surface area contributed by atoms with Gasteiger partial charge in [0.15, 0.2) is 5.17 Å². The van der Waals surface area contributed by atoms with Gasteiger partial charge in [0.05, 0.1) is 5.54 Å². The number of rotatable bonds is 4. The molecule has 0 saturated carbocycles. The van der Waals surface area contributed by atoms with Crippen LogP contribution in [0.5, 0.6) is 0 Å². The molecule has 1 atom stereocenters. The Hall–Kier alpha value is -0.960.